The summed E-state index contributed by atoms with van der Waals surface area (Å²) >= 11 is 0. The number of aryl methyl sites for hydroxylation is 1. The van der Waals surface area contributed by atoms with Crippen LogP contribution >= 0.6 is 0 Å². The molecule has 4 aromatic rings. The lowest BCUT2D eigenvalue weighted by molar-refractivity contribution is -0.501. The van der Waals surface area contributed by atoms with Crippen molar-refractivity contribution in [2.24, 2.45) is 0 Å². The van der Waals surface area contributed by atoms with E-state index in [1.165, 1.54) is 0 Å². The van der Waals surface area contributed by atoms with E-state index in [1.807, 2.05) is 35.6 Å². The molecule has 29 heavy (non-hydrogen) atoms. The van der Waals surface area contributed by atoms with E-state index in [0.717, 1.165) is 32.8 Å². The zero-order valence-corrected chi connectivity index (χ0v) is 17.8. The molecule has 0 bridgehead atoms. The quantitative estimate of drug-likeness (QED) is 0.302. The summed E-state index contributed by atoms with van der Waals surface area (Å²) in [5.74, 6) is 3.31. The van der Waals surface area contributed by atoms with E-state index in [0.29, 0.717) is 28.8 Å². The molecule has 7 heteroatoms. The second-order valence-corrected chi connectivity index (χ2v) is 6.62. The normalized spacial score (nSPS) is 10.8. The van der Waals surface area contributed by atoms with Gasteiger partial charge in [-0.1, -0.05) is 0 Å². The van der Waals surface area contributed by atoms with Crippen LogP contribution in [0.3, 0.4) is 0 Å². The Morgan fingerprint density at radius 1 is 0.655 bits per heavy atom. The maximum Gasteiger partial charge on any atom is 0.285 e. The summed E-state index contributed by atoms with van der Waals surface area (Å²) < 4.78 is 23.9. The Labute approximate surface area is 175 Å². The van der Waals surface area contributed by atoms with Gasteiger partial charge in [-0.15, -0.1) is 0 Å². The molecule has 0 atom stereocenters. The van der Waals surface area contributed by atoms with Crippen LogP contribution in [-0.2, 0) is 0 Å². The predicted molar refractivity (Wildman–Crippen MR) is 110 cm³/mol. The van der Waals surface area contributed by atoms with Crippen LogP contribution in [-0.4, -0.2) is 28.4 Å². The number of halogens is 1. The first-order chi connectivity index (χ1) is 13.5. The van der Waals surface area contributed by atoms with Crippen LogP contribution in [0.2, 0.25) is 0 Å². The van der Waals surface area contributed by atoms with Gasteiger partial charge < -0.3 is 31.4 Å². The van der Waals surface area contributed by atoms with Gasteiger partial charge in [-0.25, -0.2) is 0 Å². The Kier molecular flexibility index (Phi) is 5.48. The van der Waals surface area contributed by atoms with E-state index in [4.69, 9.17) is 24.7 Å². The van der Waals surface area contributed by atoms with E-state index in [-0.39, 0.29) is 12.4 Å². The minimum Gasteiger partial charge on any atom is -1.00 e. The van der Waals surface area contributed by atoms with Gasteiger partial charge in [0.2, 0.25) is 0 Å². The highest BCUT2D eigenvalue weighted by atomic mass is 35.5. The maximum atomic E-state index is 6.60. The van der Waals surface area contributed by atoms with Gasteiger partial charge in [-0.3, -0.25) is 5.73 Å². The fraction of sp³-hybridized carbons (Fsp3) is 0.227. The number of benzene rings is 2. The van der Waals surface area contributed by atoms with Crippen molar-refractivity contribution in [3.05, 3.63) is 42.1 Å². The molecule has 2 aromatic heterocycles. The highest BCUT2D eigenvalue weighted by Gasteiger charge is 2.20. The minimum atomic E-state index is 0. The third-order valence-corrected chi connectivity index (χ3v) is 5.15. The Morgan fingerprint density at radius 3 is 1.62 bits per heavy atom. The van der Waals surface area contributed by atoms with E-state index in [9.17, 15) is 0 Å². The lowest BCUT2D eigenvalue weighted by atomic mass is 10.0. The van der Waals surface area contributed by atoms with E-state index in [1.54, 1.807) is 28.4 Å². The van der Waals surface area contributed by atoms with Crippen molar-refractivity contribution in [3.63, 3.8) is 0 Å². The number of pyridine rings is 2. The molecule has 0 radical (unpaired) electrons. The van der Waals surface area contributed by atoms with Gasteiger partial charge in [-0.05, 0) is 48.0 Å². The largest absolute Gasteiger partial charge is 1.00 e. The number of hydrogen-bond acceptors (Lipinski definition) is 5. The van der Waals surface area contributed by atoms with Gasteiger partial charge in [0.15, 0.2) is 23.0 Å². The Bertz CT molecular complexity index is 1240. The molecule has 2 heterocycles. The van der Waals surface area contributed by atoms with Crippen molar-refractivity contribution in [3.8, 4) is 23.0 Å². The van der Waals surface area contributed by atoms with Gasteiger partial charge in [0.25, 0.3) is 5.82 Å². The molecule has 152 valence electrons. The zero-order chi connectivity index (χ0) is 20.0. The maximum absolute atomic E-state index is 6.60. The van der Waals surface area contributed by atoms with Crippen LogP contribution in [0.25, 0.3) is 27.1 Å². The molecular weight excluding hydrogens is 392 g/mol. The average Bonchev–Trinajstić information content (AvgIpc) is 2.71. The van der Waals surface area contributed by atoms with Crippen LogP contribution < -0.4 is 41.5 Å². The second kappa shape index (κ2) is 7.72. The van der Waals surface area contributed by atoms with Gasteiger partial charge in [0.1, 0.15) is 11.2 Å². The van der Waals surface area contributed by atoms with Crippen molar-refractivity contribution >= 4 is 32.9 Å². The van der Waals surface area contributed by atoms with Crippen molar-refractivity contribution < 1.29 is 35.8 Å². The smallest absolute Gasteiger partial charge is 0.285 e. The Balaban J connectivity index is 0.00000240. The van der Waals surface area contributed by atoms with E-state index in [2.05, 4.69) is 12.1 Å². The first-order valence-electron chi connectivity index (χ1n) is 8.87. The van der Waals surface area contributed by atoms with Crippen molar-refractivity contribution in [1.82, 2.24) is 0 Å². The van der Waals surface area contributed by atoms with Crippen molar-refractivity contribution in [1.29, 1.82) is 0 Å². The summed E-state index contributed by atoms with van der Waals surface area (Å²) in [6.45, 7) is 2.03. The highest BCUT2D eigenvalue weighted by molar-refractivity contribution is 6.02. The minimum absolute atomic E-state index is 0. The first-order valence-corrected chi connectivity index (χ1v) is 8.87. The summed E-state index contributed by atoms with van der Waals surface area (Å²) in [7, 11) is 6.51. The van der Waals surface area contributed by atoms with E-state index >= 15 is 0 Å². The Morgan fingerprint density at radius 2 is 1.10 bits per heavy atom. The molecule has 0 aliphatic rings. The number of anilines is 1. The van der Waals surface area contributed by atoms with Crippen LogP contribution in [0, 0.1) is 6.92 Å². The standard InChI is InChI=1S/C22H22N2O4.ClH/c1-12-6-13-8-18(25-2)20(27-4)10-15(13)17-7-14-9-19(26-3)21(28-5)11-16(14)22(23)24(12)17;/h6-11,23H,1-5H3;1H. The number of nitrogen functional groups attached to an aromatic ring is 1. The van der Waals surface area contributed by atoms with Crippen molar-refractivity contribution in [2.75, 3.05) is 34.2 Å². The number of hydrogen-bond donors (Lipinski definition) is 1. The molecule has 2 N–H and O–H groups in total. The molecule has 0 aliphatic carbocycles. The second-order valence-electron chi connectivity index (χ2n) is 6.62. The number of nitrogens with zero attached hydrogens (tertiary/aromatic N) is 1. The third-order valence-electron chi connectivity index (χ3n) is 5.15. The highest BCUT2D eigenvalue weighted by Crippen LogP contribution is 2.37. The number of nitrogens with two attached hydrogens (primary N) is 1. The number of rotatable bonds is 4. The summed E-state index contributed by atoms with van der Waals surface area (Å²) in [6.07, 6.45) is 0. The predicted octanol–water partition coefficient (Wildman–Crippen LogP) is 0.661. The molecule has 0 saturated carbocycles. The Hall–Kier alpha value is -3.12. The fourth-order valence-corrected chi connectivity index (χ4v) is 3.80. The molecule has 0 unspecified atom stereocenters. The van der Waals surface area contributed by atoms with Crippen LogP contribution in [0.4, 0.5) is 5.82 Å². The summed E-state index contributed by atoms with van der Waals surface area (Å²) in [5, 5.41) is 3.94. The summed E-state index contributed by atoms with van der Waals surface area (Å²) in [6, 6.07) is 12.0. The number of aromatic nitrogens is 1. The summed E-state index contributed by atoms with van der Waals surface area (Å²) in [5.41, 5.74) is 8.60. The first kappa shape index (κ1) is 20.6. The van der Waals surface area contributed by atoms with Gasteiger partial charge in [0.05, 0.1) is 33.8 Å². The molecule has 0 amide bonds. The number of ether oxygens (including phenoxy) is 4. The SMILES string of the molecule is COc1cc2cc3c4cc(OC)c(OC)cc4cc(C)[n+]3c(N)c2cc1OC.[Cl-]. The molecule has 0 saturated heterocycles. The van der Waals surface area contributed by atoms with E-state index < -0.39 is 0 Å². The molecule has 2 aromatic carbocycles. The third kappa shape index (κ3) is 3.09. The zero-order valence-electron chi connectivity index (χ0n) is 17.0. The molecular formula is C22H23ClN2O4. The molecule has 6 nitrogen and oxygen atoms in total. The molecule has 0 aliphatic heterocycles. The average molecular weight is 415 g/mol. The van der Waals surface area contributed by atoms with Crippen LogP contribution in [0.1, 0.15) is 5.69 Å². The van der Waals surface area contributed by atoms with Gasteiger partial charge >= 0.3 is 0 Å². The van der Waals surface area contributed by atoms with Crippen molar-refractivity contribution in [2.45, 2.75) is 6.92 Å². The van der Waals surface area contributed by atoms with Gasteiger partial charge in [0, 0.05) is 11.5 Å². The lowest BCUT2D eigenvalue weighted by Crippen LogP contribution is -3.00. The lowest BCUT2D eigenvalue weighted by Gasteiger charge is -2.14. The van der Waals surface area contributed by atoms with Crippen LogP contribution in [0.15, 0.2) is 36.4 Å². The molecule has 0 fully saturated rings. The van der Waals surface area contributed by atoms with Crippen LogP contribution in [0.5, 0.6) is 23.0 Å². The fourth-order valence-electron chi connectivity index (χ4n) is 3.80. The topological polar surface area (TPSA) is 67.0 Å². The number of methoxy groups -OCH3 is 4. The number of fused-ring (bicyclic) bond motifs is 4. The summed E-state index contributed by atoms with van der Waals surface area (Å²) in [4.78, 5) is 0. The molecule has 4 rings (SSSR count). The monoisotopic (exact) mass is 414 g/mol. The van der Waals surface area contributed by atoms with Gasteiger partial charge in [-0.2, -0.15) is 4.40 Å². The molecule has 0 spiro atoms.